The maximum absolute atomic E-state index is 9.22. The molecule has 0 saturated carbocycles. The molecule has 118 valence electrons. The van der Waals surface area contributed by atoms with Gasteiger partial charge < -0.3 is 15.3 Å². The van der Waals surface area contributed by atoms with Crippen LogP contribution in [-0.4, -0.2) is 42.8 Å². The third kappa shape index (κ3) is 4.80. The molecule has 1 aromatic carbocycles. The van der Waals surface area contributed by atoms with E-state index < -0.39 is 0 Å². The second-order valence-corrected chi connectivity index (χ2v) is 6.24. The van der Waals surface area contributed by atoms with Gasteiger partial charge in [-0.05, 0) is 51.8 Å². The van der Waals surface area contributed by atoms with Gasteiger partial charge in [-0.25, -0.2) is 0 Å². The molecule has 21 heavy (non-hydrogen) atoms. The number of benzene rings is 1. The van der Waals surface area contributed by atoms with E-state index in [1.54, 1.807) is 0 Å². The molecule has 0 spiro atoms. The highest BCUT2D eigenvalue weighted by molar-refractivity contribution is 5.24. The lowest BCUT2D eigenvalue weighted by atomic mass is 9.97. The predicted octanol–water partition coefficient (Wildman–Crippen LogP) is 2.88. The van der Waals surface area contributed by atoms with Gasteiger partial charge in [0.15, 0.2) is 0 Å². The monoisotopic (exact) mass is 290 g/mol. The van der Waals surface area contributed by atoms with Crippen molar-refractivity contribution in [3.8, 4) is 0 Å². The maximum Gasteiger partial charge on any atom is 0.0445 e. The minimum absolute atomic E-state index is 0.314. The number of aryl methyl sites for hydroxylation is 1. The van der Waals surface area contributed by atoms with Crippen molar-refractivity contribution in [3.63, 3.8) is 0 Å². The number of nitrogens with zero attached hydrogens (tertiary/aromatic N) is 1. The number of likely N-dealkylation sites (tertiary alicyclic amines) is 1. The lowest BCUT2D eigenvalue weighted by molar-refractivity contribution is 0.114. The summed E-state index contributed by atoms with van der Waals surface area (Å²) in [4.78, 5) is 2.58. The van der Waals surface area contributed by atoms with Gasteiger partial charge in [-0.2, -0.15) is 0 Å². The summed E-state index contributed by atoms with van der Waals surface area (Å²) >= 11 is 0. The van der Waals surface area contributed by atoms with Gasteiger partial charge in [-0.1, -0.05) is 36.2 Å². The highest BCUT2D eigenvalue weighted by Gasteiger charge is 2.22. The minimum Gasteiger partial charge on any atom is -0.396 e. The predicted molar refractivity (Wildman–Crippen MR) is 88.5 cm³/mol. The summed E-state index contributed by atoms with van der Waals surface area (Å²) in [6.07, 6.45) is 5.91. The number of aliphatic hydroxyl groups is 1. The van der Waals surface area contributed by atoms with Crippen LogP contribution >= 0.6 is 0 Å². The van der Waals surface area contributed by atoms with E-state index in [0.717, 1.165) is 19.4 Å². The molecule has 1 aliphatic rings. The zero-order valence-electron chi connectivity index (χ0n) is 13.5. The van der Waals surface area contributed by atoms with E-state index in [1.165, 1.54) is 36.9 Å². The molecule has 0 radical (unpaired) electrons. The topological polar surface area (TPSA) is 35.5 Å². The Bertz CT molecular complexity index is 402. The molecule has 0 bridgehead atoms. The molecule has 0 aromatic heterocycles. The van der Waals surface area contributed by atoms with Crippen LogP contribution in [0.2, 0.25) is 0 Å². The molecular formula is C18H30N2O. The minimum atomic E-state index is 0.314. The quantitative estimate of drug-likeness (QED) is 0.810. The van der Waals surface area contributed by atoms with E-state index in [1.807, 2.05) is 7.05 Å². The molecule has 2 unspecified atom stereocenters. The van der Waals surface area contributed by atoms with Crippen molar-refractivity contribution in [2.24, 2.45) is 0 Å². The number of hydrogen-bond donors (Lipinski definition) is 2. The van der Waals surface area contributed by atoms with Crippen LogP contribution in [0.3, 0.4) is 0 Å². The Morgan fingerprint density at radius 3 is 2.71 bits per heavy atom. The summed E-state index contributed by atoms with van der Waals surface area (Å²) in [5.74, 6) is 0. The van der Waals surface area contributed by atoms with Crippen LogP contribution in [0.5, 0.6) is 0 Å². The Balaban J connectivity index is 1.90. The summed E-state index contributed by atoms with van der Waals surface area (Å²) in [6.45, 7) is 4.75. The molecule has 3 nitrogen and oxygen atoms in total. The molecule has 0 aliphatic carbocycles. The largest absolute Gasteiger partial charge is 0.396 e. The van der Waals surface area contributed by atoms with Gasteiger partial charge in [0, 0.05) is 25.2 Å². The molecule has 3 heteroatoms. The van der Waals surface area contributed by atoms with Gasteiger partial charge in [0.2, 0.25) is 0 Å². The Kier molecular flexibility index (Phi) is 6.68. The third-order valence-corrected chi connectivity index (χ3v) is 4.74. The fourth-order valence-corrected chi connectivity index (χ4v) is 3.40. The summed E-state index contributed by atoms with van der Waals surface area (Å²) in [5.41, 5.74) is 2.69. The van der Waals surface area contributed by atoms with Gasteiger partial charge >= 0.3 is 0 Å². The Morgan fingerprint density at radius 2 is 2.05 bits per heavy atom. The molecule has 2 N–H and O–H groups in total. The fourth-order valence-electron chi connectivity index (χ4n) is 3.40. The van der Waals surface area contributed by atoms with Crippen molar-refractivity contribution in [3.05, 3.63) is 35.4 Å². The van der Waals surface area contributed by atoms with E-state index in [9.17, 15) is 5.11 Å². The lowest BCUT2D eigenvalue weighted by Crippen LogP contribution is -2.41. The van der Waals surface area contributed by atoms with Crippen LogP contribution < -0.4 is 5.32 Å². The average Bonchev–Trinajstić information content (AvgIpc) is 2.51. The van der Waals surface area contributed by atoms with Crippen molar-refractivity contribution in [2.75, 3.05) is 26.7 Å². The van der Waals surface area contributed by atoms with Crippen LogP contribution in [-0.2, 0) is 0 Å². The van der Waals surface area contributed by atoms with E-state index in [0.29, 0.717) is 18.7 Å². The second kappa shape index (κ2) is 8.52. The molecule has 2 rings (SSSR count). The van der Waals surface area contributed by atoms with Crippen LogP contribution in [0.4, 0.5) is 0 Å². The fraction of sp³-hybridized carbons (Fsp3) is 0.667. The Hall–Kier alpha value is -0.900. The zero-order chi connectivity index (χ0) is 15.1. The van der Waals surface area contributed by atoms with Crippen molar-refractivity contribution >= 4 is 0 Å². The molecule has 1 aliphatic heterocycles. The van der Waals surface area contributed by atoms with Crippen molar-refractivity contribution < 1.29 is 5.11 Å². The summed E-state index contributed by atoms with van der Waals surface area (Å²) < 4.78 is 0. The molecule has 1 aromatic rings. The number of rotatable bonds is 7. The molecule has 1 heterocycles. The maximum atomic E-state index is 9.22. The van der Waals surface area contributed by atoms with E-state index >= 15 is 0 Å². The first-order chi connectivity index (χ1) is 10.2. The highest BCUT2D eigenvalue weighted by Crippen LogP contribution is 2.23. The smallest absolute Gasteiger partial charge is 0.0445 e. The van der Waals surface area contributed by atoms with Gasteiger partial charge in [-0.3, -0.25) is 0 Å². The first kappa shape index (κ1) is 16.5. The van der Waals surface area contributed by atoms with Gasteiger partial charge in [0.05, 0.1) is 0 Å². The normalized spacial score (nSPS) is 21.4. The van der Waals surface area contributed by atoms with E-state index in [2.05, 4.69) is 41.4 Å². The van der Waals surface area contributed by atoms with Crippen LogP contribution in [0.15, 0.2) is 24.3 Å². The molecule has 1 fully saturated rings. The summed E-state index contributed by atoms with van der Waals surface area (Å²) in [6, 6.07) is 9.85. The van der Waals surface area contributed by atoms with Crippen LogP contribution in [0, 0.1) is 6.92 Å². The van der Waals surface area contributed by atoms with Crippen LogP contribution in [0.1, 0.15) is 49.3 Å². The van der Waals surface area contributed by atoms with Gasteiger partial charge in [-0.15, -0.1) is 0 Å². The molecular weight excluding hydrogens is 260 g/mol. The van der Waals surface area contributed by atoms with E-state index in [-0.39, 0.29) is 0 Å². The first-order valence-corrected chi connectivity index (χ1v) is 8.33. The van der Waals surface area contributed by atoms with Crippen LogP contribution in [0.25, 0.3) is 0 Å². The van der Waals surface area contributed by atoms with Gasteiger partial charge in [0.1, 0.15) is 0 Å². The summed E-state index contributed by atoms with van der Waals surface area (Å²) in [7, 11) is 2.05. The number of hydrogen-bond acceptors (Lipinski definition) is 3. The zero-order valence-corrected chi connectivity index (χ0v) is 13.5. The number of piperidine rings is 1. The number of nitrogens with one attached hydrogen (secondary N) is 1. The molecule has 2 atom stereocenters. The third-order valence-electron chi connectivity index (χ3n) is 4.74. The van der Waals surface area contributed by atoms with E-state index in [4.69, 9.17) is 0 Å². The standard InChI is InChI=1S/C18H30N2O/c1-15-6-8-16(9-7-15)18(19-2)10-13-20-12-4-3-5-17(20)11-14-21/h6-9,17-19,21H,3-5,10-14H2,1-2H3. The SMILES string of the molecule is CNC(CCN1CCCCC1CCO)c1ccc(C)cc1. The van der Waals surface area contributed by atoms with Crippen molar-refractivity contribution in [1.82, 2.24) is 10.2 Å². The Labute approximate surface area is 129 Å². The second-order valence-electron chi connectivity index (χ2n) is 6.24. The van der Waals surface area contributed by atoms with Crippen molar-refractivity contribution in [2.45, 2.75) is 51.1 Å². The highest BCUT2D eigenvalue weighted by atomic mass is 16.3. The average molecular weight is 290 g/mol. The first-order valence-electron chi connectivity index (χ1n) is 8.33. The summed E-state index contributed by atoms with van der Waals surface area (Å²) in [5, 5.41) is 12.7. The number of aliphatic hydroxyl groups excluding tert-OH is 1. The Morgan fingerprint density at radius 1 is 1.29 bits per heavy atom. The lowest BCUT2D eigenvalue weighted by Gasteiger charge is -2.36. The molecule has 1 saturated heterocycles. The van der Waals surface area contributed by atoms with Gasteiger partial charge in [0.25, 0.3) is 0 Å². The van der Waals surface area contributed by atoms with Crippen molar-refractivity contribution in [1.29, 1.82) is 0 Å². The molecule has 0 amide bonds.